The maximum atomic E-state index is 10.9. The van der Waals surface area contributed by atoms with Gasteiger partial charge in [-0.05, 0) is 37.5 Å². The molecular weight excluding hydrogens is 684 g/mol. The third-order valence-corrected chi connectivity index (χ3v) is 9.60. The zero-order valence-electron chi connectivity index (χ0n) is 18.1. The summed E-state index contributed by atoms with van der Waals surface area (Å²) < 4.78 is 1.87. The molecule has 2 fully saturated rings. The van der Waals surface area contributed by atoms with Crippen LogP contribution in [-0.2, 0) is 0 Å². The predicted molar refractivity (Wildman–Crippen MR) is 142 cm³/mol. The highest BCUT2D eigenvalue weighted by molar-refractivity contribution is 14.1. The van der Waals surface area contributed by atoms with Crippen molar-refractivity contribution < 1.29 is 32.1 Å². The van der Waals surface area contributed by atoms with E-state index >= 15 is 0 Å². The summed E-state index contributed by atoms with van der Waals surface area (Å²) in [6.45, 7) is 0. The van der Waals surface area contributed by atoms with Crippen molar-refractivity contribution in [2.24, 2.45) is 49.5 Å². The summed E-state index contributed by atoms with van der Waals surface area (Å²) in [5, 5.41) is 21.8. The molecule has 180 valence electrons. The number of quaternary nitrogens is 2. The molecule has 4 atom stereocenters. The fourth-order valence-corrected chi connectivity index (χ4v) is 7.00. The Balaban J connectivity index is 0.00000241. The average Bonchev–Trinajstić information content (AvgIpc) is 3.20. The second kappa shape index (κ2) is 9.25. The van der Waals surface area contributed by atoms with Crippen LogP contribution < -0.4 is 23.1 Å². The number of amidine groups is 2. The summed E-state index contributed by atoms with van der Waals surface area (Å²) in [6, 6.07) is 0. The van der Waals surface area contributed by atoms with E-state index in [4.69, 9.17) is 15.8 Å². The van der Waals surface area contributed by atoms with Gasteiger partial charge in [-0.25, -0.2) is 4.90 Å². The molecule has 4 aliphatic heterocycles. The largest absolute Gasteiger partial charge is 1.00 e. The first-order valence-corrected chi connectivity index (χ1v) is 13.3. The summed E-state index contributed by atoms with van der Waals surface area (Å²) in [4.78, 5) is 19.1. The minimum Gasteiger partial charge on any atom is -1.00 e. The number of rotatable bonds is 5. The number of nitrogens with one attached hydrogen (secondary N) is 1. The van der Waals surface area contributed by atoms with E-state index < -0.39 is 12.2 Å². The molecular formula is C22H25ClI2N7O2+. The lowest BCUT2D eigenvalue weighted by atomic mass is 9.64. The number of aliphatic imine (C=N–C) groups is 4. The number of aliphatic hydroxyl groups excluding tert-OH is 2. The number of allylic oxidation sites excluding steroid dienone is 4. The average molecular weight is 709 g/mol. The Hall–Kier alpha value is -0.810. The summed E-state index contributed by atoms with van der Waals surface area (Å²) in [7, 11) is 0. The molecule has 4 heterocycles. The number of nitrogens with two attached hydrogens (primary N) is 1. The molecule has 5 N–H and O–H groups in total. The van der Waals surface area contributed by atoms with Gasteiger partial charge in [-0.1, -0.05) is 0 Å². The van der Waals surface area contributed by atoms with Gasteiger partial charge in [0.25, 0.3) is 7.68 Å². The van der Waals surface area contributed by atoms with Gasteiger partial charge in [0.05, 0.1) is 82.2 Å². The van der Waals surface area contributed by atoms with Gasteiger partial charge in [0.1, 0.15) is 23.8 Å². The Morgan fingerprint density at radius 3 is 2.24 bits per heavy atom. The molecule has 2 aliphatic carbocycles. The smallest absolute Gasteiger partial charge is 0.293 e. The van der Waals surface area contributed by atoms with Crippen molar-refractivity contribution in [2.45, 2.75) is 37.9 Å². The molecule has 4 unspecified atom stereocenters. The van der Waals surface area contributed by atoms with E-state index in [1.165, 1.54) is 0 Å². The van der Waals surface area contributed by atoms with Crippen molar-refractivity contribution in [2.75, 3.05) is 0 Å². The molecule has 2 saturated carbocycles. The Bertz CT molecular complexity index is 1150. The van der Waals surface area contributed by atoms with Crippen LogP contribution in [0.2, 0.25) is 0 Å². The number of halogens is 3. The van der Waals surface area contributed by atoms with Gasteiger partial charge in [-0.3, -0.25) is 9.98 Å². The second-order valence-electron chi connectivity index (χ2n) is 9.55. The second-order valence-corrected chi connectivity index (χ2v) is 11.5. The highest BCUT2D eigenvalue weighted by Crippen LogP contribution is 2.49. The highest BCUT2D eigenvalue weighted by atomic mass is 127. The third kappa shape index (κ3) is 3.83. The fourth-order valence-electron chi connectivity index (χ4n) is 5.59. The van der Waals surface area contributed by atoms with E-state index in [1.807, 2.05) is 18.6 Å². The monoisotopic (exact) mass is 708 g/mol. The maximum Gasteiger partial charge on any atom is 0.293 e. The van der Waals surface area contributed by atoms with Gasteiger partial charge < -0.3 is 22.6 Å². The molecule has 0 amide bonds. The van der Waals surface area contributed by atoms with E-state index in [-0.39, 0.29) is 34.8 Å². The number of aliphatic hydroxyl groups is 2. The lowest BCUT2D eigenvalue weighted by Crippen LogP contribution is -3.07. The first-order chi connectivity index (χ1) is 15.9. The lowest BCUT2D eigenvalue weighted by molar-refractivity contribution is -0.745. The molecule has 0 aromatic heterocycles. The van der Waals surface area contributed by atoms with Crippen molar-refractivity contribution in [1.29, 1.82) is 0 Å². The van der Waals surface area contributed by atoms with Crippen LogP contribution in [0.3, 0.4) is 0 Å². The van der Waals surface area contributed by atoms with E-state index in [2.05, 4.69) is 55.2 Å². The first-order valence-electron chi connectivity index (χ1n) is 11.2. The Morgan fingerprint density at radius 2 is 1.56 bits per heavy atom. The zero-order valence-corrected chi connectivity index (χ0v) is 23.2. The predicted octanol–water partition coefficient (Wildman–Crippen LogP) is -1.52. The number of nitrogens with zero attached hydrogens (tertiary/aromatic N) is 5. The molecule has 0 radical (unpaired) electrons. The molecule has 6 rings (SSSR count). The molecule has 0 aromatic carbocycles. The van der Waals surface area contributed by atoms with Crippen molar-refractivity contribution in [3.05, 3.63) is 47.6 Å². The maximum absolute atomic E-state index is 10.9. The van der Waals surface area contributed by atoms with Crippen LogP contribution in [-0.4, -0.2) is 47.1 Å². The van der Waals surface area contributed by atoms with E-state index in [0.717, 1.165) is 61.1 Å². The summed E-state index contributed by atoms with van der Waals surface area (Å²) in [5.74, 6) is 7.21. The van der Waals surface area contributed by atoms with E-state index in [1.54, 1.807) is 18.6 Å². The molecule has 12 heteroatoms. The van der Waals surface area contributed by atoms with Crippen LogP contribution in [0.5, 0.6) is 0 Å². The quantitative estimate of drug-likeness (QED) is 0.120. The Morgan fingerprint density at radius 1 is 0.941 bits per heavy atom. The van der Waals surface area contributed by atoms with Crippen molar-refractivity contribution in [1.82, 2.24) is 0 Å². The van der Waals surface area contributed by atoms with Crippen molar-refractivity contribution in [3.8, 4) is 0 Å². The molecule has 0 saturated heterocycles. The minimum atomic E-state index is -0.717. The van der Waals surface area contributed by atoms with Crippen molar-refractivity contribution >= 4 is 65.3 Å². The standard InChI is InChI=1S/C22H24I2N7O2.ClH/c23-21-28-17(15-9-26-1-3-30(15)21)11-5-13(6-11)19(32)20(33)14-7-12(8-14)18-16-10-27-2-4-31(16,25)22(24)29-18;/h1-4,9-14,19-20,32-33H,5-8,25H2;1H/q+1;. The van der Waals surface area contributed by atoms with Crippen LogP contribution in [0.4, 0.5) is 0 Å². The topological polar surface area (TPSA) is 120 Å². The van der Waals surface area contributed by atoms with Gasteiger partial charge in [0.2, 0.25) is 5.70 Å². The number of hydrogen-bond donors (Lipinski definition) is 4. The number of fused-ring (bicyclic) bond motifs is 2. The molecule has 6 aliphatic rings. The van der Waals surface area contributed by atoms with Gasteiger partial charge in [-0.2, -0.15) is 15.8 Å². The summed E-state index contributed by atoms with van der Waals surface area (Å²) >= 11 is 4.45. The lowest BCUT2D eigenvalue weighted by Gasteiger charge is -2.45. The zero-order chi connectivity index (χ0) is 22.9. The summed E-state index contributed by atoms with van der Waals surface area (Å²) in [6.07, 6.45) is 12.9. The number of hydrogen-bond acceptors (Lipinski definition) is 7. The van der Waals surface area contributed by atoms with Crippen LogP contribution >= 0.6 is 45.2 Å². The van der Waals surface area contributed by atoms with Crippen LogP contribution in [0.1, 0.15) is 25.7 Å². The fraction of sp³-hybridized carbons (Fsp3) is 0.455. The Kier molecular flexibility index (Phi) is 6.76. The van der Waals surface area contributed by atoms with E-state index in [9.17, 15) is 10.2 Å². The highest BCUT2D eigenvalue weighted by Gasteiger charge is 2.50. The molecule has 9 nitrogen and oxygen atoms in total. The van der Waals surface area contributed by atoms with Gasteiger partial charge >= 0.3 is 0 Å². The van der Waals surface area contributed by atoms with Gasteiger partial charge in [-0.15, -0.1) is 4.59 Å². The van der Waals surface area contributed by atoms with Gasteiger partial charge in [0.15, 0.2) is 5.70 Å². The minimum absolute atomic E-state index is 0. The first kappa shape index (κ1) is 24.9. The van der Waals surface area contributed by atoms with E-state index in [0.29, 0.717) is 5.92 Å². The van der Waals surface area contributed by atoms with Gasteiger partial charge in [0, 0.05) is 11.8 Å². The molecule has 0 bridgehead atoms. The summed E-state index contributed by atoms with van der Waals surface area (Å²) in [5.41, 5.74) is 4.06. The third-order valence-electron chi connectivity index (χ3n) is 7.74. The Labute approximate surface area is 230 Å². The molecule has 34 heavy (non-hydrogen) atoms. The van der Waals surface area contributed by atoms with Crippen LogP contribution in [0.15, 0.2) is 67.6 Å². The molecule has 0 spiro atoms. The SMILES string of the molecule is N[N+]12C=CN=CC1=C(C1CC(C(O)C(O)C3CC(C4=C5C=NC=C[NH+]5C(I)=N4)C3)C1)N=C2I.[Cl-]. The van der Waals surface area contributed by atoms with Crippen LogP contribution in [0, 0.1) is 23.7 Å². The molecule has 0 aromatic rings. The normalized spacial score (nSPS) is 39.0. The van der Waals surface area contributed by atoms with Crippen LogP contribution in [0.25, 0.3) is 0 Å². The van der Waals surface area contributed by atoms with Crippen molar-refractivity contribution in [3.63, 3.8) is 0 Å².